The van der Waals surface area contributed by atoms with Crippen LogP contribution in [0.4, 0.5) is 11.5 Å². The van der Waals surface area contributed by atoms with Crippen LogP contribution in [0, 0.1) is 0 Å². The summed E-state index contributed by atoms with van der Waals surface area (Å²) in [6.07, 6.45) is 0.713. The number of rotatable bonds is 5. The molecule has 0 amide bonds. The van der Waals surface area contributed by atoms with Crippen molar-refractivity contribution in [2.24, 2.45) is 0 Å². The summed E-state index contributed by atoms with van der Waals surface area (Å²) >= 11 is 5.98. The Morgan fingerprint density at radius 3 is 2.60 bits per heavy atom. The van der Waals surface area contributed by atoms with E-state index >= 15 is 0 Å². The Morgan fingerprint density at radius 1 is 1.15 bits per heavy atom. The number of nitrogens with one attached hydrogen (secondary N) is 1. The number of aryl methyl sites for hydroxylation is 1. The Morgan fingerprint density at radius 2 is 1.95 bits per heavy atom. The summed E-state index contributed by atoms with van der Waals surface area (Å²) < 4.78 is 10.5. The SMILES string of the molecule is CCc1nc(Cl)cc(Nc2cc(OC)ccc2OC)n1. The summed E-state index contributed by atoms with van der Waals surface area (Å²) in [7, 11) is 3.22. The van der Waals surface area contributed by atoms with E-state index in [-0.39, 0.29) is 0 Å². The fraction of sp³-hybridized carbons (Fsp3) is 0.286. The van der Waals surface area contributed by atoms with Crippen molar-refractivity contribution in [3.05, 3.63) is 35.2 Å². The monoisotopic (exact) mass is 293 g/mol. The van der Waals surface area contributed by atoms with Gasteiger partial charge in [0, 0.05) is 18.6 Å². The van der Waals surface area contributed by atoms with Gasteiger partial charge in [0.15, 0.2) is 0 Å². The molecule has 0 aliphatic carbocycles. The predicted molar refractivity (Wildman–Crippen MR) is 79.2 cm³/mol. The largest absolute Gasteiger partial charge is 0.497 e. The average molecular weight is 294 g/mol. The minimum Gasteiger partial charge on any atom is -0.497 e. The molecule has 20 heavy (non-hydrogen) atoms. The van der Waals surface area contributed by atoms with Crippen LogP contribution in [0.3, 0.4) is 0 Å². The van der Waals surface area contributed by atoms with E-state index in [2.05, 4.69) is 15.3 Å². The van der Waals surface area contributed by atoms with E-state index in [1.165, 1.54) is 0 Å². The number of anilines is 2. The minimum absolute atomic E-state index is 0.404. The van der Waals surface area contributed by atoms with Crippen molar-refractivity contribution in [1.29, 1.82) is 0 Å². The van der Waals surface area contributed by atoms with Crippen LogP contribution in [0.15, 0.2) is 24.3 Å². The highest BCUT2D eigenvalue weighted by Crippen LogP contribution is 2.31. The van der Waals surface area contributed by atoms with Crippen molar-refractivity contribution in [3.63, 3.8) is 0 Å². The zero-order valence-corrected chi connectivity index (χ0v) is 12.4. The number of halogens is 1. The molecule has 106 valence electrons. The van der Waals surface area contributed by atoms with Crippen LogP contribution in [0.2, 0.25) is 5.15 Å². The lowest BCUT2D eigenvalue weighted by molar-refractivity contribution is 0.405. The summed E-state index contributed by atoms with van der Waals surface area (Å²) in [6, 6.07) is 7.15. The fourth-order valence-electron chi connectivity index (χ4n) is 1.74. The third-order valence-corrected chi connectivity index (χ3v) is 2.92. The van der Waals surface area contributed by atoms with E-state index in [9.17, 15) is 0 Å². The highest BCUT2D eigenvalue weighted by molar-refractivity contribution is 6.29. The van der Waals surface area contributed by atoms with Crippen molar-refractivity contribution >= 4 is 23.1 Å². The minimum atomic E-state index is 0.404. The van der Waals surface area contributed by atoms with Gasteiger partial charge in [-0.15, -0.1) is 0 Å². The van der Waals surface area contributed by atoms with Crippen LogP contribution >= 0.6 is 11.6 Å². The topological polar surface area (TPSA) is 56.3 Å². The molecule has 5 nitrogen and oxygen atoms in total. The predicted octanol–water partition coefficient (Wildman–Crippen LogP) is 3.45. The van der Waals surface area contributed by atoms with Crippen LogP contribution in [-0.2, 0) is 6.42 Å². The number of hydrogen-bond donors (Lipinski definition) is 1. The van der Waals surface area contributed by atoms with Gasteiger partial charge < -0.3 is 14.8 Å². The van der Waals surface area contributed by atoms with Gasteiger partial charge in [-0.1, -0.05) is 18.5 Å². The van der Waals surface area contributed by atoms with E-state index in [4.69, 9.17) is 21.1 Å². The van der Waals surface area contributed by atoms with Crippen LogP contribution < -0.4 is 14.8 Å². The van der Waals surface area contributed by atoms with E-state index in [0.29, 0.717) is 29.0 Å². The molecule has 1 heterocycles. The normalized spacial score (nSPS) is 10.2. The molecule has 0 radical (unpaired) electrons. The molecule has 1 aromatic heterocycles. The molecule has 1 N–H and O–H groups in total. The summed E-state index contributed by atoms with van der Waals surface area (Å²) in [5.41, 5.74) is 0.753. The van der Waals surface area contributed by atoms with Crippen molar-refractivity contribution in [2.45, 2.75) is 13.3 Å². The second-order valence-corrected chi connectivity index (χ2v) is 4.42. The van der Waals surface area contributed by atoms with Gasteiger partial charge in [-0.3, -0.25) is 0 Å². The lowest BCUT2D eigenvalue weighted by Gasteiger charge is -2.12. The van der Waals surface area contributed by atoms with Crippen molar-refractivity contribution in [3.8, 4) is 11.5 Å². The third kappa shape index (κ3) is 3.30. The van der Waals surface area contributed by atoms with Gasteiger partial charge in [-0.05, 0) is 12.1 Å². The van der Waals surface area contributed by atoms with Crippen LogP contribution in [0.25, 0.3) is 0 Å². The molecule has 6 heteroatoms. The van der Waals surface area contributed by atoms with Gasteiger partial charge in [-0.25, -0.2) is 9.97 Å². The Labute approximate surface area is 122 Å². The smallest absolute Gasteiger partial charge is 0.142 e. The number of ether oxygens (including phenoxy) is 2. The molecular weight excluding hydrogens is 278 g/mol. The second-order valence-electron chi connectivity index (χ2n) is 4.04. The van der Waals surface area contributed by atoms with Crippen LogP contribution in [0.1, 0.15) is 12.7 Å². The van der Waals surface area contributed by atoms with Gasteiger partial charge in [0.2, 0.25) is 0 Å². The first kappa shape index (κ1) is 14.4. The van der Waals surface area contributed by atoms with Crippen LogP contribution in [0.5, 0.6) is 11.5 Å². The molecule has 2 rings (SSSR count). The first-order valence-corrected chi connectivity index (χ1v) is 6.56. The Bertz CT molecular complexity index is 605. The molecule has 0 saturated heterocycles. The summed E-state index contributed by atoms with van der Waals surface area (Å²) in [4.78, 5) is 8.50. The Balaban J connectivity index is 2.35. The fourth-order valence-corrected chi connectivity index (χ4v) is 1.94. The van der Waals surface area contributed by atoms with Gasteiger partial charge >= 0.3 is 0 Å². The van der Waals surface area contributed by atoms with Gasteiger partial charge in [0.1, 0.15) is 28.3 Å². The molecular formula is C14H16ClN3O2. The van der Waals surface area contributed by atoms with E-state index in [1.54, 1.807) is 20.3 Å². The maximum Gasteiger partial charge on any atom is 0.142 e. The Hall–Kier alpha value is -2.01. The highest BCUT2D eigenvalue weighted by atomic mass is 35.5. The number of hydrogen-bond acceptors (Lipinski definition) is 5. The quantitative estimate of drug-likeness (QED) is 0.856. The standard InChI is InChI=1S/C14H16ClN3O2/c1-4-13-17-12(15)8-14(18-13)16-10-7-9(19-2)5-6-11(10)20-3/h5-8H,4H2,1-3H3,(H,16,17,18). The molecule has 0 aliphatic rings. The zero-order valence-electron chi connectivity index (χ0n) is 11.6. The van der Waals surface area contributed by atoms with E-state index in [1.807, 2.05) is 25.1 Å². The number of benzene rings is 1. The molecule has 1 aromatic carbocycles. The molecule has 0 saturated carbocycles. The molecule has 0 fully saturated rings. The molecule has 0 unspecified atom stereocenters. The molecule has 0 bridgehead atoms. The summed E-state index contributed by atoms with van der Waals surface area (Å²) in [6.45, 7) is 1.97. The van der Waals surface area contributed by atoms with E-state index < -0.39 is 0 Å². The summed E-state index contributed by atoms with van der Waals surface area (Å²) in [5.74, 6) is 2.72. The van der Waals surface area contributed by atoms with Gasteiger partial charge in [0.25, 0.3) is 0 Å². The third-order valence-electron chi connectivity index (χ3n) is 2.73. The first-order chi connectivity index (χ1) is 9.66. The summed E-state index contributed by atoms with van der Waals surface area (Å²) in [5, 5.41) is 3.58. The van der Waals surface area contributed by atoms with Gasteiger partial charge in [0.05, 0.1) is 19.9 Å². The van der Waals surface area contributed by atoms with Crippen molar-refractivity contribution < 1.29 is 9.47 Å². The number of methoxy groups -OCH3 is 2. The molecule has 2 aromatic rings. The number of nitrogens with zero attached hydrogens (tertiary/aromatic N) is 2. The van der Waals surface area contributed by atoms with E-state index in [0.717, 1.165) is 11.4 Å². The van der Waals surface area contributed by atoms with Gasteiger partial charge in [-0.2, -0.15) is 0 Å². The van der Waals surface area contributed by atoms with Crippen molar-refractivity contribution in [2.75, 3.05) is 19.5 Å². The molecule has 0 aliphatic heterocycles. The lowest BCUT2D eigenvalue weighted by Crippen LogP contribution is -2.01. The number of aromatic nitrogens is 2. The highest BCUT2D eigenvalue weighted by Gasteiger charge is 2.08. The maximum absolute atomic E-state index is 5.98. The zero-order chi connectivity index (χ0) is 14.5. The Kier molecular flexibility index (Phi) is 4.63. The molecule has 0 atom stereocenters. The second kappa shape index (κ2) is 6.43. The molecule has 0 spiro atoms. The van der Waals surface area contributed by atoms with Crippen molar-refractivity contribution in [1.82, 2.24) is 9.97 Å². The lowest BCUT2D eigenvalue weighted by atomic mass is 10.2. The average Bonchev–Trinajstić information content (AvgIpc) is 2.46. The van der Waals surface area contributed by atoms with Crippen LogP contribution in [-0.4, -0.2) is 24.2 Å². The first-order valence-electron chi connectivity index (χ1n) is 6.18. The maximum atomic E-state index is 5.98.